The van der Waals surface area contributed by atoms with E-state index in [2.05, 4.69) is 6.58 Å². The van der Waals surface area contributed by atoms with Gasteiger partial charge in [-0.2, -0.15) is 0 Å². The fraction of sp³-hybridized carbons (Fsp3) is 0.727. The maximum atomic E-state index is 13.3. The molecule has 0 aromatic rings. The van der Waals surface area contributed by atoms with E-state index in [0.29, 0.717) is 24.8 Å². The SMILES string of the molecule is C=C1C(=O)[C@]23C[C@H]1C[C@H](O)[C@H]2[C@]1(COC3=O)C(OC(C)=O)CCC(C)(C)[C@H]1C=O. The largest absolute Gasteiger partial charge is 0.464 e. The van der Waals surface area contributed by atoms with Crippen molar-refractivity contribution in [1.29, 1.82) is 0 Å². The average Bonchev–Trinajstić information content (AvgIpc) is 2.83. The predicted molar refractivity (Wildman–Crippen MR) is 100 cm³/mol. The maximum Gasteiger partial charge on any atom is 0.320 e. The van der Waals surface area contributed by atoms with Crippen LogP contribution in [0.3, 0.4) is 0 Å². The second-order valence-corrected chi connectivity index (χ2v) is 9.94. The molecule has 0 radical (unpaired) electrons. The Labute approximate surface area is 169 Å². The van der Waals surface area contributed by atoms with E-state index in [9.17, 15) is 24.3 Å². The number of aliphatic hydroxyl groups excluding tert-OH is 1. The molecule has 1 heterocycles. The van der Waals surface area contributed by atoms with Gasteiger partial charge in [0.1, 0.15) is 24.4 Å². The number of ether oxygens (including phenoxy) is 2. The molecular formula is C22H28O7. The molecule has 4 fully saturated rings. The van der Waals surface area contributed by atoms with Crippen molar-refractivity contribution in [3.05, 3.63) is 12.2 Å². The van der Waals surface area contributed by atoms with Gasteiger partial charge >= 0.3 is 11.9 Å². The fourth-order valence-electron chi connectivity index (χ4n) is 6.97. The van der Waals surface area contributed by atoms with Crippen LogP contribution in [0, 0.1) is 34.0 Å². The van der Waals surface area contributed by atoms with Crippen molar-refractivity contribution < 1.29 is 33.8 Å². The number of fused-ring (bicyclic) bond motifs is 2. The lowest BCUT2D eigenvalue weighted by Gasteiger charge is -2.62. The predicted octanol–water partition coefficient (Wildman–Crippen LogP) is 1.61. The summed E-state index contributed by atoms with van der Waals surface area (Å²) in [4.78, 5) is 50.7. The number of allylic oxidation sites excluding steroid dienone is 1. The zero-order chi connectivity index (χ0) is 21.4. The van der Waals surface area contributed by atoms with Gasteiger partial charge in [-0.25, -0.2) is 0 Å². The summed E-state index contributed by atoms with van der Waals surface area (Å²) >= 11 is 0. The van der Waals surface area contributed by atoms with E-state index in [1.807, 2.05) is 13.8 Å². The normalized spacial score (nSPS) is 45.5. The summed E-state index contributed by atoms with van der Waals surface area (Å²) in [6.07, 6.45) is 0.715. The van der Waals surface area contributed by atoms with Crippen LogP contribution in [-0.2, 0) is 28.7 Å². The van der Waals surface area contributed by atoms with Crippen LogP contribution in [0.25, 0.3) is 0 Å². The zero-order valence-electron chi connectivity index (χ0n) is 17.1. The lowest BCUT2D eigenvalue weighted by Crippen LogP contribution is -2.71. The van der Waals surface area contributed by atoms with Gasteiger partial charge in [0.25, 0.3) is 0 Å². The van der Waals surface area contributed by atoms with E-state index in [1.165, 1.54) is 6.92 Å². The first-order valence-electron chi connectivity index (χ1n) is 10.2. The Morgan fingerprint density at radius 1 is 1.34 bits per heavy atom. The van der Waals surface area contributed by atoms with E-state index in [0.717, 1.165) is 6.29 Å². The van der Waals surface area contributed by atoms with Gasteiger partial charge in [-0.15, -0.1) is 0 Å². The van der Waals surface area contributed by atoms with E-state index in [-0.39, 0.29) is 18.9 Å². The molecule has 0 aromatic heterocycles. The van der Waals surface area contributed by atoms with Gasteiger partial charge in [-0.3, -0.25) is 14.4 Å². The maximum absolute atomic E-state index is 13.3. The van der Waals surface area contributed by atoms with Crippen molar-refractivity contribution in [1.82, 2.24) is 0 Å². The van der Waals surface area contributed by atoms with Gasteiger partial charge < -0.3 is 19.4 Å². The molecule has 7 atom stereocenters. The first-order valence-corrected chi connectivity index (χ1v) is 10.2. The second kappa shape index (κ2) is 6.24. The molecule has 29 heavy (non-hydrogen) atoms. The molecular weight excluding hydrogens is 376 g/mol. The molecule has 3 saturated carbocycles. The molecule has 2 bridgehead atoms. The van der Waals surface area contributed by atoms with Crippen molar-refractivity contribution in [3.8, 4) is 0 Å². The number of cyclic esters (lactones) is 1. The molecule has 7 heteroatoms. The van der Waals surface area contributed by atoms with Gasteiger partial charge in [0.15, 0.2) is 5.78 Å². The van der Waals surface area contributed by atoms with Gasteiger partial charge in [-0.1, -0.05) is 20.4 Å². The summed E-state index contributed by atoms with van der Waals surface area (Å²) in [5.41, 5.74) is -2.86. The topological polar surface area (TPSA) is 107 Å². The van der Waals surface area contributed by atoms with Crippen LogP contribution in [0.2, 0.25) is 0 Å². The second-order valence-electron chi connectivity index (χ2n) is 9.94. The number of hydrogen-bond acceptors (Lipinski definition) is 7. The van der Waals surface area contributed by atoms with Crippen molar-refractivity contribution in [2.45, 2.75) is 58.7 Å². The Hall–Kier alpha value is -2.02. The van der Waals surface area contributed by atoms with Crippen molar-refractivity contribution in [2.24, 2.45) is 34.0 Å². The summed E-state index contributed by atoms with van der Waals surface area (Å²) in [7, 11) is 0. The molecule has 1 unspecified atom stereocenters. The van der Waals surface area contributed by atoms with E-state index in [1.54, 1.807) is 0 Å². The number of carbonyl (C=O) groups excluding carboxylic acids is 4. The number of rotatable bonds is 2. The number of esters is 2. The summed E-state index contributed by atoms with van der Waals surface area (Å²) in [5, 5.41) is 11.2. The lowest BCUT2D eigenvalue weighted by atomic mass is 9.43. The van der Waals surface area contributed by atoms with Gasteiger partial charge in [0.05, 0.1) is 11.5 Å². The Morgan fingerprint density at radius 3 is 2.66 bits per heavy atom. The Kier molecular flexibility index (Phi) is 4.36. The Bertz CT molecular complexity index is 814. The third-order valence-electron chi connectivity index (χ3n) is 8.11. The van der Waals surface area contributed by atoms with Crippen molar-refractivity contribution in [2.75, 3.05) is 6.61 Å². The first kappa shape index (κ1) is 20.3. The van der Waals surface area contributed by atoms with E-state index in [4.69, 9.17) is 9.47 Å². The number of aliphatic hydroxyl groups is 1. The standard InChI is InChI=1S/C22H28O7/c1-11-13-7-14(25)17-21(8-13,18(11)26)19(27)28-10-22(17)15(9-23)20(3,4)6-5-16(22)29-12(2)24/h9,13-17,25H,1,5-8,10H2,2-4H3/t13-,14+,15-,16?,17-,21+,22+/m1/s1. The molecule has 1 aliphatic heterocycles. The fourth-order valence-corrected chi connectivity index (χ4v) is 6.97. The molecule has 4 aliphatic rings. The van der Waals surface area contributed by atoms with Crippen LogP contribution in [-0.4, -0.2) is 47.9 Å². The van der Waals surface area contributed by atoms with Crippen molar-refractivity contribution >= 4 is 24.0 Å². The highest BCUT2D eigenvalue weighted by Crippen LogP contribution is 2.68. The first-order chi connectivity index (χ1) is 13.5. The molecule has 4 rings (SSSR count). The molecule has 0 aromatic carbocycles. The summed E-state index contributed by atoms with van der Waals surface area (Å²) in [6, 6.07) is 0. The third-order valence-corrected chi connectivity index (χ3v) is 8.11. The Balaban J connectivity index is 1.96. The molecule has 7 nitrogen and oxygen atoms in total. The average molecular weight is 404 g/mol. The minimum absolute atomic E-state index is 0.162. The molecule has 158 valence electrons. The molecule has 2 spiro atoms. The number of carbonyl (C=O) groups is 4. The van der Waals surface area contributed by atoms with Crippen LogP contribution in [0.1, 0.15) is 46.5 Å². The third kappa shape index (κ3) is 2.39. The highest BCUT2D eigenvalue weighted by atomic mass is 16.6. The molecule has 3 aliphatic carbocycles. The van der Waals surface area contributed by atoms with Gasteiger partial charge in [-0.05, 0) is 42.6 Å². The molecule has 1 N–H and O–H groups in total. The van der Waals surface area contributed by atoms with Gasteiger partial charge in [0.2, 0.25) is 0 Å². The number of aldehydes is 1. The Morgan fingerprint density at radius 2 is 2.03 bits per heavy atom. The van der Waals surface area contributed by atoms with E-state index >= 15 is 0 Å². The summed E-state index contributed by atoms with van der Waals surface area (Å²) in [6.45, 7) is 8.92. The highest BCUT2D eigenvalue weighted by Gasteiger charge is 2.76. The number of Topliss-reactive ketones (excluding diaryl/α,β-unsaturated/α-hetero) is 1. The van der Waals surface area contributed by atoms with Crippen LogP contribution < -0.4 is 0 Å². The van der Waals surface area contributed by atoms with Crippen LogP contribution in [0.15, 0.2) is 12.2 Å². The van der Waals surface area contributed by atoms with E-state index < -0.39 is 58.0 Å². The smallest absolute Gasteiger partial charge is 0.320 e. The zero-order valence-corrected chi connectivity index (χ0v) is 17.1. The number of ketones is 1. The molecule has 1 saturated heterocycles. The van der Waals surface area contributed by atoms with Gasteiger partial charge in [0, 0.05) is 18.8 Å². The lowest BCUT2D eigenvalue weighted by molar-refractivity contribution is -0.253. The highest BCUT2D eigenvalue weighted by molar-refractivity contribution is 6.15. The molecule has 0 amide bonds. The van der Waals surface area contributed by atoms with Crippen LogP contribution >= 0.6 is 0 Å². The monoisotopic (exact) mass is 404 g/mol. The number of hydrogen-bond donors (Lipinski definition) is 1. The minimum Gasteiger partial charge on any atom is -0.464 e. The van der Waals surface area contributed by atoms with Crippen LogP contribution in [0.4, 0.5) is 0 Å². The summed E-state index contributed by atoms with van der Waals surface area (Å²) in [5.74, 6) is -3.36. The van der Waals surface area contributed by atoms with Crippen molar-refractivity contribution in [3.63, 3.8) is 0 Å². The van der Waals surface area contributed by atoms with Crippen LogP contribution in [0.5, 0.6) is 0 Å². The quantitative estimate of drug-likeness (QED) is 0.322. The summed E-state index contributed by atoms with van der Waals surface area (Å²) < 4.78 is 11.3. The minimum atomic E-state index is -1.56.